The Balaban J connectivity index is 1.46. The number of halogens is 3. The second kappa shape index (κ2) is 9.22. The average molecular weight is 552 g/mol. The van der Waals surface area contributed by atoms with E-state index in [-0.39, 0.29) is 17.0 Å². The lowest BCUT2D eigenvalue weighted by Crippen LogP contribution is -2.47. The fraction of sp³-hybridized carbons (Fsp3) is 0.345. The van der Waals surface area contributed by atoms with Gasteiger partial charge in [0.2, 0.25) is 5.91 Å². The summed E-state index contributed by atoms with van der Waals surface area (Å²) >= 11 is 0. The zero-order chi connectivity index (χ0) is 28.4. The predicted molar refractivity (Wildman–Crippen MR) is 145 cm³/mol. The molecule has 8 nitrogen and oxygen atoms in total. The number of benzene rings is 2. The molecule has 0 aliphatic carbocycles. The van der Waals surface area contributed by atoms with Crippen molar-refractivity contribution in [2.75, 3.05) is 31.6 Å². The summed E-state index contributed by atoms with van der Waals surface area (Å²) in [5.41, 5.74) is 7.47. The zero-order valence-electron chi connectivity index (χ0n) is 21.8. The zero-order valence-corrected chi connectivity index (χ0v) is 21.8. The molecule has 0 saturated carbocycles. The van der Waals surface area contributed by atoms with Crippen molar-refractivity contribution >= 4 is 39.4 Å². The minimum Gasteiger partial charge on any atom is -0.379 e. The third-order valence-corrected chi connectivity index (χ3v) is 8.32. The number of carbonyl (C=O) groups is 2. The van der Waals surface area contributed by atoms with E-state index < -0.39 is 23.6 Å². The van der Waals surface area contributed by atoms with Crippen LogP contribution in [0.5, 0.6) is 0 Å². The Hall–Kier alpha value is -4.12. The Kier molecular flexibility index (Phi) is 6.02. The van der Waals surface area contributed by atoms with Crippen molar-refractivity contribution in [3.8, 4) is 11.1 Å². The van der Waals surface area contributed by atoms with E-state index in [4.69, 9.17) is 5.73 Å². The molecule has 2 aromatic carbocycles. The number of aliphatic hydroxyl groups is 1. The van der Waals surface area contributed by atoms with E-state index >= 15 is 0 Å². The summed E-state index contributed by atoms with van der Waals surface area (Å²) in [7, 11) is 1.82. The van der Waals surface area contributed by atoms with Crippen molar-refractivity contribution in [1.82, 2.24) is 14.9 Å². The van der Waals surface area contributed by atoms with Gasteiger partial charge in [0.1, 0.15) is 5.82 Å². The van der Waals surface area contributed by atoms with Crippen molar-refractivity contribution in [1.29, 1.82) is 0 Å². The number of H-pyrrole nitrogens is 1. The number of hydrogen-bond acceptors (Lipinski definition) is 5. The maximum Gasteiger partial charge on any atom is 0.418 e. The van der Waals surface area contributed by atoms with Crippen LogP contribution in [0.25, 0.3) is 32.9 Å². The fourth-order valence-electron chi connectivity index (χ4n) is 6.26. The fourth-order valence-corrected chi connectivity index (χ4v) is 6.26. The molecule has 11 heteroatoms. The molecule has 4 heterocycles. The van der Waals surface area contributed by atoms with E-state index in [0.29, 0.717) is 53.0 Å². The Morgan fingerprint density at radius 2 is 1.93 bits per heavy atom. The highest BCUT2D eigenvalue weighted by Gasteiger charge is 2.48. The molecule has 1 spiro atoms. The van der Waals surface area contributed by atoms with E-state index in [0.717, 1.165) is 24.6 Å². The Labute approximate surface area is 227 Å². The van der Waals surface area contributed by atoms with Gasteiger partial charge in [-0.2, -0.15) is 13.2 Å². The lowest BCUT2D eigenvalue weighted by Gasteiger charge is -2.39. The van der Waals surface area contributed by atoms with E-state index in [9.17, 15) is 27.9 Å². The van der Waals surface area contributed by atoms with Crippen LogP contribution < -0.4 is 10.6 Å². The number of hydrogen-bond donors (Lipinski definition) is 3. The Morgan fingerprint density at radius 3 is 2.62 bits per heavy atom. The van der Waals surface area contributed by atoms with Gasteiger partial charge in [0, 0.05) is 43.8 Å². The number of aliphatic hydroxyl groups excluding tert-OH is 1. The molecule has 0 bridgehead atoms. The standard InChI is InChI=1S/C29H28F3N5O3/c1-36-11-9-28(27(36)40)8-3-10-37(15-28)26-22-19-7-6-17(13-21(19)35-23(22)20(14-34-26)25(33)39)16-4-2-5-18(12-16)24(38)29(30,31)32/h2,4-7,12-14,24,35,38H,3,8-11,15H2,1H3,(H2,33,39)/t24?,28-/m1/s1. The molecule has 2 aromatic heterocycles. The number of alkyl halides is 3. The molecule has 6 rings (SSSR count). The van der Waals surface area contributed by atoms with Gasteiger partial charge in [-0.1, -0.05) is 30.3 Å². The van der Waals surface area contributed by atoms with Crippen LogP contribution in [0.1, 0.15) is 41.3 Å². The third kappa shape index (κ3) is 4.16. The number of rotatable bonds is 4. The van der Waals surface area contributed by atoms with Crippen molar-refractivity contribution in [3.63, 3.8) is 0 Å². The van der Waals surface area contributed by atoms with E-state index in [1.54, 1.807) is 23.1 Å². The van der Waals surface area contributed by atoms with Gasteiger partial charge in [-0.05, 0) is 48.1 Å². The lowest BCUT2D eigenvalue weighted by atomic mass is 9.78. The number of aromatic amines is 1. The van der Waals surface area contributed by atoms with Crippen molar-refractivity contribution < 1.29 is 27.9 Å². The summed E-state index contributed by atoms with van der Waals surface area (Å²) in [6, 6.07) is 11.1. The normalized spacial score (nSPS) is 20.7. The number of pyridine rings is 1. The van der Waals surface area contributed by atoms with Gasteiger partial charge in [0.25, 0.3) is 5.91 Å². The second-order valence-electron chi connectivity index (χ2n) is 10.8. The molecular formula is C29H28F3N5O3. The Morgan fingerprint density at radius 1 is 1.15 bits per heavy atom. The number of nitrogens with two attached hydrogens (primary N) is 1. The van der Waals surface area contributed by atoms with Crippen LogP contribution in [0.4, 0.5) is 19.0 Å². The molecule has 4 aromatic rings. The first kappa shape index (κ1) is 26.1. The van der Waals surface area contributed by atoms with E-state index in [1.165, 1.54) is 24.4 Å². The van der Waals surface area contributed by atoms with Gasteiger partial charge < -0.3 is 25.6 Å². The number of carbonyl (C=O) groups excluding carboxylic acids is 2. The topological polar surface area (TPSA) is 116 Å². The number of piperidine rings is 1. The van der Waals surface area contributed by atoms with Crippen molar-refractivity contribution in [3.05, 3.63) is 59.8 Å². The van der Waals surface area contributed by atoms with Gasteiger partial charge in [-0.15, -0.1) is 0 Å². The Bertz CT molecular complexity index is 1660. The summed E-state index contributed by atoms with van der Waals surface area (Å²) in [6.07, 6.45) is -3.50. The van der Waals surface area contributed by atoms with Gasteiger partial charge in [0.15, 0.2) is 6.10 Å². The highest BCUT2D eigenvalue weighted by atomic mass is 19.4. The van der Waals surface area contributed by atoms with Crippen LogP contribution in [-0.4, -0.2) is 64.6 Å². The molecule has 40 heavy (non-hydrogen) atoms. The van der Waals surface area contributed by atoms with Crippen LogP contribution in [0.15, 0.2) is 48.7 Å². The van der Waals surface area contributed by atoms with Crippen LogP contribution in [0, 0.1) is 5.41 Å². The third-order valence-electron chi connectivity index (χ3n) is 8.32. The van der Waals surface area contributed by atoms with Crippen molar-refractivity contribution in [2.45, 2.75) is 31.5 Å². The van der Waals surface area contributed by atoms with Crippen LogP contribution in [-0.2, 0) is 4.79 Å². The summed E-state index contributed by atoms with van der Waals surface area (Å²) < 4.78 is 39.3. The second-order valence-corrected chi connectivity index (χ2v) is 10.8. The highest BCUT2D eigenvalue weighted by molar-refractivity contribution is 6.18. The number of likely N-dealkylation sites (tertiary alicyclic amines) is 1. The molecule has 2 fully saturated rings. The van der Waals surface area contributed by atoms with Gasteiger partial charge in [0.05, 0.1) is 21.9 Å². The first-order valence-electron chi connectivity index (χ1n) is 13.1. The molecule has 2 amide bonds. The summed E-state index contributed by atoms with van der Waals surface area (Å²) in [5, 5.41) is 11.2. The first-order chi connectivity index (χ1) is 19.0. The average Bonchev–Trinajstić information content (AvgIpc) is 3.44. The molecule has 208 valence electrons. The van der Waals surface area contributed by atoms with Gasteiger partial charge in [-0.25, -0.2) is 4.98 Å². The molecule has 2 atom stereocenters. The molecular weight excluding hydrogens is 523 g/mol. The lowest BCUT2D eigenvalue weighted by molar-refractivity contribution is -0.206. The number of aromatic nitrogens is 2. The van der Waals surface area contributed by atoms with Crippen LogP contribution >= 0.6 is 0 Å². The minimum atomic E-state index is -4.78. The summed E-state index contributed by atoms with van der Waals surface area (Å²) in [5.74, 6) is 0.145. The largest absolute Gasteiger partial charge is 0.418 e. The number of nitrogens with zero attached hydrogens (tertiary/aromatic N) is 3. The number of nitrogens with one attached hydrogen (secondary N) is 1. The molecule has 2 aliphatic heterocycles. The first-order valence-corrected chi connectivity index (χ1v) is 13.1. The summed E-state index contributed by atoms with van der Waals surface area (Å²) in [4.78, 5) is 37.2. The number of fused-ring (bicyclic) bond motifs is 3. The molecule has 2 aliphatic rings. The van der Waals surface area contributed by atoms with Crippen LogP contribution in [0.3, 0.4) is 0 Å². The smallest absolute Gasteiger partial charge is 0.379 e. The quantitative estimate of drug-likeness (QED) is 0.345. The molecule has 2 saturated heterocycles. The molecule has 1 unspecified atom stereocenters. The summed E-state index contributed by atoms with van der Waals surface area (Å²) in [6.45, 7) is 1.94. The monoisotopic (exact) mass is 551 g/mol. The van der Waals surface area contributed by atoms with Gasteiger partial charge >= 0.3 is 6.18 Å². The van der Waals surface area contributed by atoms with Gasteiger partial charge in [-0.3, -0.25) is 9.59 Å². The number of anilines is 1. The van der Waals surface area contributed by atoms with Crippen molar-refractivity contribution in [2.24, 2.45) is 11.1 Å². The van der Waals surface area contributed by atoms with E-state index in [2.05, 4.69) is 14.9 Å². The highest BCUT2D eigenvalue weighted by Crippen LogP contribution is 2.43. The van der Waals surface area contributed by atoms with Crippen LogP contribution in [0.2, 0.25) is 0 Å². The molecule has 0 radical (unpaired) electrons. The minimum absolute atomic E-state index is 0.142. The van der Waals surface area contributed by atoms with E-state index in [1.807, 2.05) is 13.1 Å². The molecule has 4 N–H and O–H groups in total. The number of primary amides is 1. The maximum absolute atomic E-state index is 13.1. The number of amides is 2. The maximum atomic E-state index is 13.1. The SMILES string of the molecule is CN1CC[C@@]2(CCCN(c3ncc(C(N)=O)c4[nH]c5cc(-c6cccc(C(O)C(F)(F)F)c6)ccc5c34)C2)C1=O. The predicted octanol–water partition coefficient (Wildman–Crippen LogP) is 4.53.